The van der Waals surface area contributed by atoms with Crippen molar-refractivity contribution in [2.75, 3.05) is 0 Å². The van der Waals surface area contributed by atoms with Gasteiger partial charge in [-0.3, -0.25) is 0 Å². The van der Waals surface area contributed by atoms with Gasteiger partial charge in [-0.15, -0.1) is 11.3 Å². The van der Waals surface area contributed by atoms with Gasteiger partial charge in [-0.25, -0.2) is 4.79 Å². The second-order valence-corrected chi connectivity index (χ2v) is 5.09. The van der Waals surface area contributed by atoms with Crippen molar-refractivity contribution < 1.29 is 9.90 Å². The summed E-state index contributed by atoms with van der Waals surface area (Å²) in [7, 11) is 0. The van der Waals surface area contributed by atoms with E-state index in [-0.39, 0.29) is 0 Å². The maximum absolute atomic E-state index is 11.2. The lowest BCUT2D eigenvalue weighted by molar-refractivity contribution is 0.0699. The SMILES string of the molecule is Cc1cccc2c1sc1cccc(C(=O)O)c12. The Morgan fingerprint density at radius 1 is 1.18 bits per heavy atom. The van der Waals surface area contributed by atoms with E-state index in [2.05, 4.69) is 13.0 Å². The molecular weight excluding hydrogens is 232 g/mol. The van der Waals surface area contributed by atoms with E-state index >= 15 is 0 Å². The standard InChI is InChI=1S/C14H10O2S/c1-8-4-2-5-9-12-10(14(15)16)6-3-7-11(12)17-13(8)9/h2-7H,1H3,(H,15,16). The molecule has 17 heavy (non-hydrogen) atoms. The number of thiophene rings is 1. The molecule has 3 rings (SSSR count). The highest BCUT2D eigenvalue weighted by molar-refractivity contribution is 7.26. The minimum absolute atomic E-state index is 0.388. The third-order valence-electron chi connectivity index (χ3n) is 2.95. The van der Waals surface area contributed by atoms with Crippen LogP contribution in [0, 0.1) is 6.92 Å². The predicted octanol–water partition coefficient (Wildman–Crippen LogP) is 4.06. The van der Waals surface area contributed by atoms with E-state index in [4.69, 9.17) is 0 Å². The Labute approximate surface area is 102 Å². The molecule has 0 bridgehead atoms. The summed E-state index contributed by atoms with van der Waals surface area (Å²) in [5.74, 6) is -0.864. The Balaban J connectivity index is 2.59. The minimum atomic E-state index is -0.864. The molecule has 0 aliphatic heterocycles. The molecule has 2 nitrogen and oxygen atoms in total. The smallest absolute Gasteiger partial charge is 0.336 e. The first-order valence-corrected chi connectivity index (χ1v) is 6.14. The summed E-state index contributed by atoms with van der Waals surface area (Å²) in [6, 6.07) is 11.5. The summed E-state index contributed by atoms with van der Waals surface area (Å²) in [6.07, 6.45) is 0. The fraction of sp³-hybridized carbons (Fsp3) is 0.0714. The zero-order valence-corrected chi connectivity index (χ0v) is 10.0. The first kappa shape index (κ1) is 10.3. The lowest BCUT2D eigenvalue weighted by Gasteiger charge is -1.98. The van der Waals surface area contributed by atoms with Gasteiger partial charge in [-0.05, 0) is 24.6 Å². The maximum atomic E-state index is 11.2. The summed E-state index contributed by atoms with van der Waals surface area (Å²) in [5, 5.41) is 11.1. The van der Waals surface area contributed by atoms with E-state index in [0.29, 0.717) is 5.56 Å². The molecule has 0 atom stereocenters. The molecule has 1 heterocycles. The monoisotopic (exact) mass is 242 g/mol. The van der Waals surface area contributed by atoms with Gasteiger partial charge in [0.05, 0.1) is 5.56 Å². The predicted molar refractivity (Wildman–Crippen MR) is 71.0 cm³/mol. The first-order valence-electron chi connectivity index (χ1n) is 5.32. The highest BCUT2D eigenvalue weighted by Crippen LogP contribution is 2.37. The van der Waals surface area contributed by atoms with Crippen molar-refractivity contribution in [3.63, 3.8) is 0 Å². The molecule has 0 saturated carbocycles. The Kier molecular flexibility index (Phi) is 2.16. The van der Waals surface area contributed by atoms with Crippen molar-refractivity contribution >= 4 is 37.5 Å². The number of aromatic carboxylic acids is 1. The first-order chi connectivity index (χ1) is 8.18. The number of carboxylic acids is 1. The zero-order chi connectivity index (χ0) is 12.0. The van der Waals surface area contributed by atoms with Gasteiger partial charge in [0.25, 0.3) is 0 Å². The molecule has 1 aromatic heterocycles. The maximum Gasteiger partial charge on any atom is 0.336 e. The van der Waals surface area contributed by atoms with E-state index in [1.165, 1.54) is 10.3 Å². The van der Waals surface area contributed by atoms with Gasteiger partial charge < -0.3 is 5.11 Å². The second kappa shape index (κ2) is 3.57. The van der Waals surface area contributed by atoms with Crippen LogP contribution in [-0.2, 0) is 0 Å². The van der Waals surface area contributed by atoms with E-state index in [0.717, 1.165) is 15.5 Å². The van der Waals surface area contributed by atoms with Crippen molar-refractivity contribution in [3.05, 3.63) is 47.5 Å². The molecule has 0 aliphatic rings. The average molecular weight is 242 g/mol. The van der Waals surface area contributed by atoms with Gasteiger partial charge >= 0.3 is 5.97 Å². The van der Waals surface area contributed by atoms with E-state index in [9.17, 15) is 9.90 Å². The van der Waals surface area contributed by atoms with Crippen molar-refractivity contribution in [1.82, 2.24) is 0 Å². The molecule has 0 fully saturated rings. The van der Waals surface area contributed by atoms with Crippen molar-refractivity contribution in [2.24, 2.45) is 0 Å². The largest absolute Gasteiger partial charge is 0.478 e. The number of aryl methyl sites for hydroxylation is 1. The van der Waals surface area contributed by atoms with Crippen LogP contribution in [0.1, 0.15) is 15.9 Å². The third kappa shape index (κ3) is 1.43. The average Bonchev–Trinajstić information content (AvgIpc) is 2.69. The van der Waals surface area contributed by atoms with Crippen LogP contribution in [0.4, 0.5) is 0 Å². The van der Waals surface area contributed by atoms with Gasteiger partial charge in [0, 0.05) is 20.2 Å². The topological polar surface area (TPSA) is 37.3 Å². The number of rotatable bonds is 1. The van der Waals surface area contributed by atoms with Gasteiger partial charge in [0.1, 0.15) is 0 Å². The number of benzene rings is 2. The number of fused-ring (bicyclic) bond motifs is 3. The van der Waals surface area contributed by atoms with Crippen molar-refractivity contribution in [1.29, 1.82) is 0 Å². The normalized spacial score (nSPS) is 11.1. The molecule has 0 unspecified atom stereocenters. The summed E-state index contributed by atoms with van der Waals surface area (Å²) in [5.41, 5.74) is 1.58. The number of carbonyl (C=O) groups is 1. The van der Waals surface area contributed by atoms with E-state index in [1.807, 2.05) is 18.2 Å². The van der Waals surface area contributed by atoms with Crippen LogP contribution >= 0.6 is 11.3 Å². The van der Waals surface area contributed by atoms with E-state index in [1.54, 1.807) is 23.5 Å². The molecule has 3 heteroatoms. The summed E-state index contributed by atoms with van der Waals surface area (Å²) in [4.78, 5) is 11.2. The minimum Gasteiger partial charge on any atom is -0.478 e. The summed E-state index contributed by atoms with van der Waals surface area (Å²) >= 11 is 1.66. The molecule has 1 N–H and O–H groups in total. The Bertz CT molecular complexity index is 740. The van der Waals surface area contributed by atoms with Crippen LogP contribution in [-0.4, -0.2) is 11.1 Å². The number of hydrogen-bond donors (Lipinski definition) is 1. The van der Waals surface area contributed by atoms with Crippen LogP contribution in [0.15, 0.2) is 36.4 Å². The van der Waals surface area contributed by atoms with Crippen LogP contribution in [0.2, 0.25) is 0 Å². The van der Waals surface area contributed by atoms with Gasteiger partial charge in [0.2, 0.25) is 0 Å². The lowest BCUT2D eigenvalue weighted by Crippen LogP contribution is -1.95. The van der Waals surface area contributed by atoms with Gasteiger partial charge in [0.15, 0.2) is 0 Å². The Hall–Kier alpha value is -1.87. The van der Waals surface area contributed by atoms with Gasteiger partial charge in [-0.1, -0.05) is 24.3 Å². The molecule has 0 saturated heterocycles. The van der Waals surface area contributed by atoms with E-state index < -0.39 is 5.97 Å². The summed E-state index contributed by atoms with van der Waals surface area (Å²) < 4.78 is 2.21. The molecule has 0 aliphatic carbocycles. The number of carboxylic acid groups (broad SMARTS) is 1. The van der Waals surface area contributed by atoms with Gasteiger partial charge in [-0.2, -0.15) is 0 Å². The van der Waals surface area contributed by atoms with Crippen LogP contribution in [0.25, 0.3) is 20.2 Å². The molecule has 0 radical (unpaired) electrons. The summed E-state index contributed by atoms with van der Waals surface area (Å²) in [6.45, 7) is 2.05. The quantitative estimate of drug-likeness (QED) is 0.698. The fourth-order valence-electron chi connectivity index (χ4n) is 2.17. The van der Waals surface area contributed by atoms with Crippen LogP contribution < -0.4 is 0 Å². The molecule has 0 spiro atoms. The molecule has 2 aromatic carbocycles. The lowest BCUT2D eigenvalue weighted by atomic mass is 10.1. The van der Waals surface area contributed by atoms with Crippen molar-refractivity contribution in [3.8, 4) is 0 Å². The Morgan fingerprint density at radius 3 is 2.71 bits per heavy atom. The number of hydrogen-bond acceptors (Lipinski definition) is 2. The van der Waals surface area contributed by atoms with Crippen molar-refractivity contribution in [2.45, 2.75) is 6.92 Å². The van der Waals surface area contributed by atoms with Crippen LogP contribution in [0.3, 0.4) is 0 Å². The fourth-order valence-corrected chi connectivity index (χ4v) is 3.36. The molecule has 84 valence electrons. The molecule has 0 amide bonds. The molecule has 3 aromatic rings. The Morgan fingerprint density at radius 2 is 1.94 bits per heavy atom. The van der Waals surface area contributed by atoms with Crippen LogP contribution in [0.5, 0.6) is 0 Å². The highest BCUT2D eigenvalue weighted by atomic mass is 32.1. The second-order valence-electron chi connectivity index (χ2n) is 4.04. The molecular formula is C14H10O2S. The zero-order valence-electron chi connectivity index (χ0n) is 9.23. The highest BCUT2D eigenvalue weighted by Gasteiger charge is 2.14. The third-order valence-corrected chi connectivity index (χ3v) is 4.26.